The fourth-order valence-corrected chi connectivity index (χ4v) is 5.25. The largest absolute Gasteiger partial charge is 0.461 e. The summed E-state index contributed by atoms with van der Waals surface area (Å²) in [6, 6.07) is -0.489. The van der Waals surface area contributed by atoms with Crippen molar-refractivity contribution in [2.24, 2.45) is 17.3 Å². The summed E-state index contributed by atoms with van der Waals surface area (Å²) in [6.07, 6.45) is 2.78. The molecule has 0 aromatic carbocycles. The Hall–Kier alpha value is -2.17. The average Bonchev–Trinajstić information content (AvgIpc) is 3.34. The van der Waals surface area contributed by atoms with Crippen molar-refractivity contribution < 1.29 is 28.7 Å². The molecule has 0 saturated heterocycles. The molecule has 0 saturated carbocycles. The number of nitrogens with one attached hydrogen (secondary N) is 2. The first-order valence-corrected chi connectivity index (χ1v) is 15.4. The van der Waals surface area contributed by atoms with Gasteiger partial charge in [0.1, 0.15) is 33.8 Å². The van der Waals surface area contributed by atoms with Crippen molar-refractivity contribution in [3.05, 3.63) is 28.7 Å². The summed E-state index contributed by atoms with van der Waals surface area (Å²) in [4.78, 5) is 56.0. The van der Waals surface area contributed by atoms with Gasteiger partial charge in [0, 0.05) is 11.3 Å². The normalized spacial score (nSPS) is 14.4. The molecule has 12 heteroatoms. The molecule has 0 fully saturated rings. The Labute approximate surface area is 258 Å². The van der Waals surface area contributed by atoms with Gasteiger partial charge < -0.3 is 20.1 Å². The van der Waals surface area contributed by atoms with Gasteiger partial charge in [-0.15, -0.1) is 34.5 Å². The van der Waals surface area contributed by atoms with Crippen LogP contribution in [0.1, 0.15) is 103 Å². The summed E-state index contributed by atoms with van der Waals surface area (Å²) >= 11 is 13.6. The molecular formula is C29H45Cl2N3O6S. The van der Waals surface area contributed by atoms with Gasteiger partial charge in [-0.2, -0.15) is 0 Å². The van der Waals surface area contributed by atoms with Crippen LogP contribution < -0.4 is 10.6 Å². The van der Waals surface area contributed by atoms with E-state index < -0.39 is 45.3 Å². The number of amides is 2. The topological polar surface area (TPSA) is 124 Å². The van der Waals surface area contributed by atoms with Gasteiger partial charge in [-0.1, -0.05) is 32.9 Å². The number of ether oxygens (including phenoxy) is 2. The molecule has 1 aromatic rings. The fraction of sp³-hybridized carbons (Fsp3) is 0.690. The number of esters is 1. The highest BCUT2D eigenvalue weighted by Crippen LogP contribution is 2.38. The number of aromatic nitrogens is 1. The van der Waals surface area contributed by atoms with Gasteiger partial charge in [0.05, 0.1) is 11.5 Å². The van der Waals surface area contributed by atoms with Crippen LogP contribution in [-0.2, 0) is 19.1 Å². The molecule has 2 N–H and O–H groups in total. The molecule has 2 amide bonds. The average molecular weight is 635 g/mol. The highest BCUT2D eigenvalue weighted by Gasteiger charge is 2.43. The van der Waals surface area contributed by atoms with Crippen molar-refractivity contribution in [2.45, 2.75) is 97.0 Å². The Balaban J connectivity index is 3.18. The van der Waals surface area contributed by atoms with Crippen LogP contribution in [-0.4, -0.2) is 51.8 Å². The van der Waals surface area contributed by atoms with Crippen LogP contribution in [0.2, 0.25) is 0 Å². The minimum absolute atomic E-state index is 0.0131. The van der Waals surface area contributed by atoms with Crippen molar-refractivity contribution in [3.8, 4) is 0 Å². The van der Waals surface area contributed by atoms with Crippen molar-refractivity contribution in [1.29, 1.82) is 0 Å². The molecule has 1 rings (SSSR count). The maximum absolute atomic E-state index is 13.8. The lowest BCUT2D eigenvalue weighted by atomic mass is 9.73. The molecule has 3 atom stereocenters. The van der Waals surface area contributed by atoms with Crippen LogP contribution in [0.25, 0.3) is 0 Å². The lowest BCUT2D eigenvalue weighted by molar-refractivity contribution is -0.155. The van der Waals surface area contributed by atoms with E-state index in [9.17, 15) is 19.2 Å². The zero-order valence-corrected chi connectivity index (χ0v) is 27.7. The first kappa shape index (κ1) is 36.9. The number of alkyl carbamates (subject to hydrolysis) is 1. The minimum Gasteiger partial charge on any atom is -0.461 e. The molecule has 1 aromatic heterocycles. The zero-order valence-electron chi connectivity index (χ0n) is 25.4. The maximum atomic E-state index is 13.8. The molecule has 0 aliphatic heterocycles. The quantitative estimate of drug-likeness (QED) is 0.0888. The van der Waals surface area contributed by atoms with E-state index in [1.165, 1.54) is 17.4 Å². The number of rotatable bonds is 16. The lowest BCUT2D eigenvalue weighted by Crippen LogP contribution is -2.42. The van der Waals surface area contributed by atoms with Gasteiger partial charge >= 0.3 is 12.1 Å². The van der Waals surface area contributed by atoms with Crippen LogP contribution in [0, 0.1) is 17.3 Å². The van der Waals surface area contributed by atoms with Crippen molar-refractivity contribution in [2.75, 3.05) is 13.2 Å². The Morgan fingerprint density at radius 3 is 2.32 bits per heavy atom. The predicted molar refractivity (Wildman–Crippen MR) is 163 cm³/mol. The van der Waals surface area contributed by atoms with Crippen LogP contribution in [0.3, 0.4) is 0 Å². The third-order valence-electron chi connectivity index (χ3n) is 6.52. The summed E-state index contributed by atoms with van der Waals surface area (Å²) in [5.74, 6) is -2.01. The highest BCUT2D eigenvalue weighted by atomic mass is 35.5. The summed E-state index contributed by atoms with van der Waals surface area (Å²) in [5, 5.41) is 7.56. The summed E-state index contributed by atoms with van der Waals surface area (Å²) in [7, 11) is 0. The molecule has 0 bridgehead atoms. The van der Waals surface area contributed by atoms with Crippen LogP contribution in [0.5, 0.6) is 0 Å². The van der Waals surface area contributed by atoms with E-state index in [1.54, 1.807) is 46.9 Å². The monoisotopic (exact) mass is 633 g/mol. The number of hydrogen-bond donors (Lipinski definition) is 2. The van der Waals surface area contributed by atoms with E-state index in [4.69, 9.17) is 32.7 Å². The van der Waals surface area contributed by atoms with Crippen LogP contribution in [0.4, 0.5) is 4.79 Å². The predicted octanol–water partition coefficient (Wildman–Crippen LogP) is 6.79. The second kappa shape index (κ2) is 15.9. The number of nitrogens with zero attached hydrogens (tertiary/aromatic N) is 1. The van der Waals surface area contributed by atoms with E-state index in [0.717, 1.165) is 6.42 Å². The van der Waals surface area contributed by atoms with Crippen molar-refractivity contribution in [1.82, 2.24) is 15.6 Å². The second-order valence-electron chi connectivity index (χ2n) is 11.8. The molecule has 0 unspecified atom stereocenters. The van der Waals surface area contributed by atoms with Crippen molar-refractivity contribution >= 4 is 58.3 Å². The smallest absolute Gasteiger partial charge is 0.408 e. The third kappa shape index (κ3) is 12.7. The van der Waals surface area contributed by atoms with Gasteiger partial charge in [0.2, 0.25) is 5.91 Å². The molecule has 9 nitrogen and oxygen atoms in total. The highest BCUT2D eigenvalue weighted by molar-refractivity contribution is 7.10. The standard InChI is InChI=1S/C29H45Cl2N3O6S/c1-10-15-39-25(37)28(7,8)19(13-12-14-29(9,30)31)23(36)20-17-41-24(33-20)22(18(3)11-2)34-21(35)16-32-26(38)40-27(4,5)6/h10,17-19,22H,1,11-16H2,2-9H3,(H,32,38)(H,34,35)/t18-,19+,22-/m0/s1. The Kier molecular flexibility index (Phi) is 14.3. The number of carbonyl (C=O) groups is 4. The molecule has 0 radical (unpaired) electrons. The molecule has 41 heavy (non-hydrogen) atoms. The maximum Gasteiger partial charge on any atom is 0.408 e. The van der Waals surface area contributed by atoms with Gasteiger partial charge in [0.15, 0.2) is 5.78 Å². The Morgan fingerprint density at radius 1 is 1.15 bits per heavy atom. The summed E-state index contributed by atoms with van der Waals surface area (Å²) in [5.41, 5.74) is -1.64. The number of thiazole rings is 1. The van der Waals surface area contributed by atoms with Crippen LogP contribution >= 0.6 is 34.5 Å². The molecule has 0 spiro atoms. The zero-order chi connectivity index (χ0) is 31.6. The summed E-state index contributed by atoms with van der Waals surface area (Å²) < 4.78 is 9.52. The van der Waals surface area contributed by atoms with E-state index in [2.05, 4.69) is 22.2 Å². The first-order chi connectivity index (χ1) is 18.8. The van der Waals surface area contributed by atoms with E-state index >= 15 is 0 Å². The number of alkyl halides is 2. The number of hydrogen-bond acceptors (Lipinski definition) is 8. The van der Waals surface area contributed by atoms with Gasteiger partial charge in [-0.3, -0.25) is 14.4 Å². The van der Waals surface area contributed by atoms with Crippen LogP contribution in [0.15, 0.2) is 18.0 Å². The van der Waals surface area contributed by atoms with E-state index in [-0.39, 0.29) is 30.5 Å². The van der Waals surface area contributed by atoms with Gasteiger partial charge in [0.25, 0.3) is 0 Å². The number of Topliss-reactive ketones (excluding diaryl/α,β-unsaturated/α-hetero) is 1. The molecule has 0 aliphatic carbocycles. The lowest BCUT2D eigenvalue weighted by Gasteiger charge is -2.31. The van der Waals surface area contributed by atoms with E-state index in [1.807, 2.05) is 13.8 Å². The SMILES string of the molecule is C=CCOC(=O)C(C)(C)[C@H](CCCC(C)(Cl)Cl)C(=O)c1csc([C@@H](NC(=O)CNC(=O)OC(C)(C)C)[C@@H](C)CC)n1. The minimum atomic E-state index is -1.16. The summed E-state index contributed by atoms with van der Waals surface area (Å²) in [6.45, 7) is 17.5. The second-order valence-corrected chi connectivity index (χ2v) is 14.6. The molecule has 1 heterocycles. The molecule has 0 aliphatic rings. The Morgan fingerprint density at radius 2 is 1.78 bits per heavy atom. The van der Waals surface area contributed by atoms with E-state index in [0.29, 0.717) is 24.3 Å². The molecule has 232 valence electrons. The van der Waals surface area contributed by atoms with Crippen molar-refractivity contribution in [3.63, 3.8) is 0 Å². The Bertz CT molecular complexity index is 1060. The third-order valence-corrected chi connectivity index (χ3v) is 7.82. The van der Waals surface area contributed by atoms with Gasteiger partial charge in [-0.25, -0.2) is 9.78 Å². The number of ketones is 1. The molecular weight excluding hydrogens is 589 g/mol. The number of halogens is 2. The fourth-order valence-electron chi connectivity index (χ4n) is 4.00. The first-order valence-electron chi connectivity index (χ1n) is 13.7. The van der Waals surface area contributed by atoms with Gasteiger partial charge in [-0.05, 0) is 66.7 Å². The number of carbonyl (C=O) groups excluding carboxylic acids is 4.